The van der Waals surface area contributed by atoms with Gasteiger partial charge in [-0.3, -0.25) is 4.79 Å². The van der Waals surface area contributed by atoms with E-state index in [1.807, 2.05) is 18.2 Å². The Kier molecular flexibility index (Phi) is 3.89. The van der Waals surface area contributed by atoms with Gasteiger partial charge in [-0.1, -0.05) is 26.0 Å². The largest absolute Gasteiger partial charge is 0.496 e. The van der Waals surface area contributed by atoms with Crippen LogP contribution < -0.4 is 4.74 Å². The molecule has 1 aromatic rings. The van der Waals surface area contributed by atoms with Crippen molar-refractivity contribution in [3.63, 3.8) is 0 Å². The second kappa shape index (κ2) is 4.96. The molecular formula is C13H18O2. The van der Waals surface area contributed by atoms with Crippen LogP contribution in [0, 0.1) is 0 Å². The predicted molar refractivity (Wildman–Crippen MR) is 61.5 cm³/mol. The van der Waals surface area contributed by atoms with E-state index in [0.29, 0.717) is 12.3 Å². The number of benzene rings is 1. The number of carbonyl (C=O) groups excluding carboxylic acids is 1. The van der Waals surface area contributed by atoms with Crippen LogP contribution in [-0.4, -0.2) is 12.9 Å². The van der Waals surface area contributed by atoms with Gasteiger partial charge in [0, 0.05) is 6.42 Å². The maximum Gasteiger partial charge on any atom is 0.134 e. The summed E-state index contributed by atoms with van der Waals surface area (Å²) < 4.78 is 5.32. The lowest BCUT2D eigenvalue weighted by atomic mass is 9.99. The fourth-order valence-corrected chi connectivity index (χ4v) is 1.63. The molecule has 0 atom stereocenters. The molecule has 0 saturated carbocycles. The zero-order valence-corrected chi connectivity index (χ0v) is 9.83. The SMILES string of the molecule is COc1cc(CC(C)=O)ccc1C(C)C. The quantitative estimate of drug-likeness (QED) is 0.757. The number of Topliss-reactive ketones (excluding diaryl/α,β-unsaturated/α-hetero) is 1. The molecule has 0 radical (unpaired) electrons. The van der Waals surface area contributed by atoms with Crippen LogP contribution in [0.5, 0.6) is 5.75 Å². The molecule has 2 heteroatoms. The van der Waals surface area contributed by atoms with Gasteiger partial charge in [0.1, 0.15) is 11.5 Å². The van der Waals surface area contributed by atoms with Crippen molar-refractivity contribution in [3.8, 4) is 5.75 Å². The van der Waals surface area contributed by atoms with E-state index in [-0.39, 0.29) is 5.78 Å². The molecule has 2 nitrogen and oxygen atoms in total. The number of carbonyl (C=O) groups is 1. The minimum Gasteiger partial charge on any atom is -0.496 e. The fourth-order valence-electron chi connectivity index (χ4n) is 1.63. The number of hydrogen-bond acceptors (Lipinski definition) is 2. The van der Waals surface area contributed by atoms with Gasteiger partial charge in [0.05, 0.1) is 7.11 Å². The highest BCUT2D eigenvalue weighted by Gasteiger charge is 2.08. The van der Waals surface area contributed by atoms with Crippen LogP contribution in [0.4, 0.5) is 0 Å². The van der Waals surface area contributed by atoms with Gasteiger partial charge in [-0.05, 0) is 30.0 Å². The van der Waals surface area contributed by atoms with Crippen LogP contribution in [0.3, 0.4) is 0 Å². The molecule has 1 aromatic carbocycles. The van der Waals surface area contributed by atoms with Crippen LogP contribution in [0.25, 0.3) is 0 Å². The molecule has 0 N–H and O–H groups in total. The van der Waals surface area contributed by atoms with Gasteiger partial charge in [-0.2, -0.15) is 0 Å². The summed E-state index contributed by atoms with van der Waals surface area (Å²) in [6.45, 7) is 5.85. The summed E-state index contributed by atoms with van der Waals surface area (Å²) in [7, 11) is 1.67. The van der Waals surface area contributed by atoms with Crippen LogP contribution in [0.1, 0.15) is 37.8 Å². The zero-order valence-electron chi connectivity index (χ0n) is 9.83. The molecule has 0 heterocycles. The third-order valence-corrected chi connectivity index (χ3v) is 2.37. The first-order valence-electron chi connectivity index (χ1n) is 5.21. The Hall–Kier alpha value is -1.31. The minimum absolute atomic E-state index is 0.175. The Morgan fingerprint density at radius 3 is 2.53 bits per heavy atom. The van der Waals surface area contributed by atoms with Gasteiger partial charge in [0.15, 0.2) is 0 Å². The Morgan fingerprint density at radius 2 is 2.07 bits per heavy atom. The van der Waals surface area contributed by atoms with E-state index in [1.165, 1.54) is 5.56 Å². The highest BCUT2D eigenvalue weighted by atomic mass is 16.5. The third kappa shape index (κ3) is 3.08. The molecular weight excluding hydrogens is 188 g/mol. The topological polar surface area (TPSA) is 26.3 Å². The molecule has 0 unspecified atom stereocenters. The van der Waals surface area contributed by atoms with Crippen molar-refractivity contribution in [2.45, 2.75) is 33.1 Å². The predicted octanol–water partition coefficient (Wildman–Crippen LogP) is 2.95. The third-order valence-electron chi connectivity index (χ3n) is 2.37. The van der Waals surface area contributed by atoms with Crippen LogP contribution in [-0.2, 0) is 11.2 Å². The van der Waals surface area contributed by atoms with E-state index in [9.17, 15) is 4.79 Å². The van der Waals surface area contributed by atoms with E-state index in [2.05, 4.69) is 13.8 Å². The molecule has 0 fully saturated rings. The van der Waals surface area contributed by atoms with Crippen molar-refractivity contribution in [2.24, 2.45) is 0 Å². The Labute approximate surface area is 91.3 Å². The van der Waals surface area contributed by atoms with E-state index in [4.69, 9.17) is 4.74 Å². The number of ketones is 1. The molecule has 0 aromatic heterocycles. The molecule has 0 amide bonds. The maximum atomic E-state index is 11.0. The first kappa shape index (κ1) is 11.8. The van der Waals surface area contributed by atoms with Gasteiger partial charge in [-0.25, -0.2) is 0 Å². The summed E-state index contributed by atoms with van der Waals surface area (Å²) in [5.74, 6) is 1.49. The number of methoxy groups -OCH3 is 1. The first-order chi connectivity index (χ1) is 7.04. The molecule has 82 valence electrons. The number of ether oxygens (including phenoxy) is 1. The van der Waals surface area contributed by atoms with Crippen molar-refractivity contribution in [1.29, 1.82) is 0 Å². The van der Waals surface area contributed by atoms with E-state index in [1.54, 1.807) is 14.0 Å². The van der Waals surface area contributed by atoms with Crippen molar-refractivity contribution >= 4 is 5.78 Å². The fraction of sp³-hybridized carbons (Fsp3) is 0.462. The highest BCUT2D eigenvalue weighted by Crippen LogP contribution is 2.27. The van der Waals surface area contributed by atoms with Crippen LogP contribution >= 0.6 is 0 Å². The summed E-state index contributed by atoms with van der Waals surface area (Å²) in [5.41, 5.74) is 2.20. The first-order valence-corrected chi connectivity index (χ1v) is 5.21. The summed E-state index contributed by atoms with van der Waals surface area (Å²) in [5, 5.41) is 0. The average Bonchev–Trinajstić information content (AvgIpc) is 2.16. The highest BCUT2D eigenvalue weighted by molar-refractivity contribution is 5.78. The monoisotopic (exact) mass is 206 g/mol. The Bertz CT molecular complexity index is 354. The standard InChI is InChI=1S/C13H18O2/c1-9(2)12-6-5-11(7-10(3)14)8-13(12)15-4/h5-6,8-9H,7H2,1-4H3. The van der Waals surface area contributed by atoms with E-state index < -0.39 is 0 Å². The average molecular weight is 206 g/mol. The summed E-state index contributed by atoms with van der Waals surface area (Å²) in [6, 6.07) is 6.00. The molecule has 0 aliphatic heterocycles. The van der Waals surface area contributed by atoms with Gasteiger partial charge in [0.2, 0.25) is 0 Å². The molecule has 0 aliphatic rings. The lowest BCUT2D eigenvalue weighted by Gasteiger charge is -2.12. The number of hydrogen-bond donors (Lipinski definition) is 0. The van der Waals surface area contributed by atoms with Crippen molar-refractivity contribution in [1.82, 2.24) is 0 Å². The van der Waals surface area contributed by atoms with Crippen molar-refractivity contribution in [2.75, 3.05) is 7.11 Å². The van der Waals surface area contributed by atoms with Gasteiger partial charge in [-0.15, -0.1) is 0 Å². The molecule has 15 heavy (non-hydrogen) atoms. The molecule has 1 rings (SSSR count). The Morgan fingerprint density at radius 1 is 1.40 bits per heavy atom. The van der Waals surface area contributed by atoms with E-state index in [0.717, 1.165) is 11.3 Å². The lowest BCUT2D eigenvalue weighted by Crippen LogP contribution is -1.99. The van der Waals surface area contributed by atoms with Gasteiger partial charge < -0.3 is 4.74 Å². The molecule has 0 aliphatic carbocycles. The number of rotatable bonds is 4. The summed E-state index contributed by atoms with van der Waals surface area (Å²) in [4.78, 5) is 11.0. The van der Waals surface area contributed by atoms with Crippen molar-refractivity contribution < 1.29 is 9.53 Å². The Balaban J connectivity index is 3.02. The lowest BCUT2D eigenvalue weighted by molar-refractivity contribution is -0.116. The normalized spacial score (nSPS) is 10.5. The van der Waals surface area contributed by atoms with Gasteiger partial charge in [0.25, 0.3) is 0 Å². The van der Waals surface area contributed by atoms with Crippen LogP contribution in [0.15, 0.2) is 18.2 Å². The molecule has 0 bridgehead atoms. The maximum absolute atomic E-state index is 11.0. The molecule has 0 saturated heterocycles. The smallest absolute Gasteiger partial charge is 0.134 e. The second-order valence-corrected chi connectivity index (χ2v) is 4.11. The molecule has 0 spiro atoms. The zero-order chi connectivity index (χ0) is 11.4. The van der Waals surface area contributed by atoms with Crippen LogP contribution in [0.2, 0.25) is 0 Å². The minimum atomic E-state index is 0.175. The van der Waals surface area contributed by atoms with Gasteiger partial charge >= 0.3 is 0 Å². The van der Waals surface area contributed by atoms with E-state index >= 15 is 0 Å². The summed E-state index contributed by atoms with van der Waals surface area (Å²) in [6.07, 6.45) is 0.481. The van der Waals surface area contributed by atoms with Crippen molar-refractivity contribution in [3.05, 3.63) is 29.3 Å². The summed E-state index contributed by atoms with van der Waals surface area (Å²) >= 11 is 0. The second-order valence-electron chi connectivity index (χ2n) is 4.11.